The molecule has 25 heavy (non-hydrogen) atoms. The van der Waals surface area contributed by atoms with Gasteiger partial charge in [0, 0.05) is 18.5 Å². The van der Waals surface area contributed by atoms with Crippen LogP contribution in [0.4, 0.5) is 13.2 Å². The molecule has 0 spiro atoms. The number of hydrogen-bond donors (Lipinski definition) is 0. The number of rotatable bonds is 4. The third-order valence-electron chi connectivity index (χ3n) is 3.41. The maximum Gasteiger partial charge on any atom is 0.434 e. The summed E-state index contributed by atoms with van der Waals surface area (Å²) in [5.74, 6) is 0.198. The second-order valence-electron chi connectivity index (χ2n) is 5.09. The first kappa shape index (κ1) is 18.1. The van der Waals surface area contributed by atoms with E-state index in [9.17, 15) is 21.6 Å². The lowest BCUT2D eigenvalue weighted by Gasteiger charge is -2.26. The van der Waals surface area contributed by atoms with Crippen molar-refractivity contribution in [2.45, 2.75) is 11.1 Å². The van der Waals surface area contributed by atoms with Crippen molar-refractivity contribution in [3.8, 4) is 10.9 Å². The predicted molar refractivity (Wildman–Crippen MR) is 83.2 cm³/mol. The quantitative estimate of drug-likeness (QED) is 0.798. The van der Waals surface area contributed by atoms with Crippen molar-refractivity contribution in [1.29, 1.82) is 0 Å². The fraction of sp³-hybridized carbons (Fsp3) is 0.357. The second kappa shape index (κ2) is 6.90. The highest BCUT2D eigenvalue weighted by Crippen LogP contribution is 2.34. The first-order valence-corrected chi connectivity index (χ1v) is 9.47. The molecular weight excluding hydrogens is 381 g/mol. The number of alkyl halides is 3. The predicted octanol–water partition coefficient (Wildman–Crippen LogP) is 2.98. The highest BCUT2D eigenvalue weighted by Gasteiger charge is 2.34. The first-order chi connectivity index (χ1) is 11.8. The summed E-state index contributed by atoms with van der Waals surface area (Å²) < 4.78 is 74.2. The van der Waals surface area contributed by atoms with Gasteiger partial charge in [-0.05, 0) is 24.3 Å². The molecule has 1 aromatic carbocycles. The van der Waals surface area contributed by atoms with E-state index < -0.39 is 21.9 Å². The van der Waals surface area contributed by atoms with Crippen LogP contribution in [0.1, 0.15) is 5.69 Å². The minimum absolute atomic E-state index is 0.0804. The Morgan fingerprint density at radius 3 is 2.36 bits per heavy atom. The number of morpholine rings is 1. The summed E-state index contributed by atoms with van der Waals surface area (Å²) >= 11 is 0.710. The number of thiazole rings is 1. The fourth-order valence-corrected chi connectivity index (χ4v) is 4.25. The molecule has 0 radical (unpaired) electrons. The molecule has 11 heteroatoms. The highest BCUT2D eigenvalue weighted by molar-refractivity contribution is 7.89. The molecule has 0 aliphatic carbocycles. The van der Waals surface area contributed by atoms with E-state index in [-0.39, 0.29) is 28.9 Å². The summed E-state index contributed by atoms with van der Waals surface area (Å²) in [6, 6.07) is 5.45. The van der Waals surface area contributed by atoms with Crippen LogP contribution in [0.25, 0.3) is 0 Å². The van der Waals surface area contributed by atoms with Gasteiger partial charge in [0.25, 0.3) is 5.19 Å². The van der Waals surface area contributed by atoms with Crippen molar-refractivity contribution in [2.24, 2.45) is 0 Å². The maximum atomic E-state index is 12.5. The molecule has 2 aromatic rings. The van der Waals surface area contributed by atoms with E-state index in [1.165, 1.54) is 28.6 Å². The Bertz CT molecular complexity index is 829. The molecule has 3 rings (SSSR count). The Morgan fingerprint density at radius 2 is 1.80 bits per heavy atom. The lowest BCUT2D eigenvalue weighted by molar-refractivity contribution is -0.140. The van der Waals surface area contributed by atoms with Crippen LogP contribution >= 0.6 is 11.3 Å². The molecule has 0 amide bonds. The Balaban J connectivity index is 1.73. The standard InChI is InChI=1S/C14H13F3N2O4S2/c15-14(16,17)12-9-24-13(18-12)23-10-1-3-11(4-2-10)25(20,21)19-5-7-22-8-6-19/h1-4,9H,5-8H2. The smallest absolute Gasteiger partial charge is 0.431 e. The van der Waals surface area contributed by atoms with E-state index in [1.807, 2.05) is 0 Å². The number of sulfonamides is 1. The van der Waals surface area contributed by atoms with Gasteiger partial charge in [-0.15, -0.1) is 0 Å². The van der Waals surface area contributed by atoms with E-state index >= 15 is 0 Å². The van der Waals surface area contributed by atoms with Crippen molar-refractivity contribution >= 4 is 21.4 Å². The maximum absolute atomic E-state index is 12.5. The Kier molecular flexibility index (Phi) is 5.00. The van der Waals surface area contributed by atoms with E-state index in [0.29, 0.717) is 24.6 Å². The molecule has 1 aliphatic rings. The van der Waals surface area contributed by atoms with Gasteiger partial charge in [-0.2, -0.15) is 22.5 Å². The van der Waals surface area contributed by atoms with Gasteiger partial charge >= 0.3 is 6.18 Å². The summed E-state index contributed by atoms with van der Waals surface area (Å²) in [7, 11) is -3.63. The number of ether oxygens (including phenoxy) is 2. The number of aromatic nitrogens is 1. The molecule has 1 aliphatic heterocycles. The zero-order valence-electron chi connectivity index (χ0n) is 12.7. The zero-order chi connectivity index (χ0) is 18.1. The average Bonchev–Trinajstić information content (AvgIpc) is 3.05. The average molecular weight is 394 g/mol. The minimum Gasteiger partial charge on any atom is -0.431 e. The molecule has 0 saturated carbocycles. The summed E-state index contributed by atoms with van der Waals surface area (Å²) in [5, 5.41) is 0.683. The number of benzene rings is 1. The van der Waals surface area contributed by atoms with Crippen molar-refractivity contribution < 1.29 is 31.1 Å². The van der Waals surface area contributed by atoms with E-state index in [1.54, 1.807) is 0 Å². The minimum atomic E-state index is -4.53. The van der Waals surface area contributed by atoms with Crippen molar-refractivity contribution in [3.63, 3.8) is 0 Å². The van der Waals surface area contributed by atoms with Crippen LogP contribution in [0.15, 0.2) is 34.5 Å². The lowest BCUT2D eigenvalue weighted by Crippen LogP contribution is -2.40. The van der Waals surface area contributed by atoms with Gasteiger partial charge in [0.15, 0.2) is 5.69 Å². The van der Waals surface area contributed by atoms with E-state index in [2.05, 4.69) is 4.98 Å². The van der Waals surface area contributed by atoms with Gasteiger partial charge < -0.3 is 9.47 Å². The number of halogens is 3. The van der Waals surface area contributed by atoms with Gasteiger partial charge in [-0.3, -0.25) is 0 Å². The van der Waals surface area contributed by atoms with Gasteiger partial charge in [0.1, 0.15) is 5.75 Å². The van der Waals surface area contributed by atoms with E-state index in [4.69, 9.17) is 9.47 Å². The normalized spacial score (nSPS) is 16.8. The Labute approximate surface area is 145 Å². The van der Waals surface area contributed by atoms with Gasteiger partial charge in [-0.1, -0.05) is 11.3 Å². The Hall–Kier alpha value is -1.69. The lowest BCUT2D eigenvalue weighted by atomic mass is 10.3. The third-order valence-corrected chi connectivity index (χ3v) is 6.04. The molecule has 1 saturated heterocycles. The third kappa shape index (κ3) is 4.11. The summed E-state index contributed by atoms with van der Waals surface area (Å²) in [6.07, 6.45) is -4.53. The van der Waals surface area contributed by atoms with Gasteiger partial charge in [0.05, 0.1) is 18.1 Å². The van der Waals surface area contributed by atoms with Crippen molar-refractivity contribution in [2.75, 3.05) is 26.3 Å². The highest BCUT2D eigenvalue weighted by atomic mass is 32.2. The summed E-state index contributed by atoms with van der Waals surface area (Å²) in [6.45, 7) is 1.23. The van der Waals surface area contributed by atoms with Crippen molar-refractivity contribution in [1.82, 2.24) is 9.29 Å². The largest absolute Gasteiger partial charge is 0.434 e. The van der Waals surface area contributed by atoms with Crippen LogP contribution < -0.4 is 4.74 Å². The first-order valence-electron chi connectivity index (χ1n) is 7.15. The van der Waals surface area contributed by atoms with Crippen LogP contribution in [0.3, 0.4) is 0 Å². The van der Waals surface area contributed by atoms with Crippen LogP contribution in [-0.4, -0.2) is 44.0 Å². The summed E-state index contributed by atoms with van der Waals surface area (Å²) in [4.78, 5) is 3.43. The van der Waals surface area contributed by atoms with Gasteiger partial charge in [0.2, 0.25) is 10.0 Å². The number of hydrogen-bond acceptors (Lipinski definition) is 6. The molecule has 2 heterocycles. The second-order valence-corrected chi connectivity index (χ2v) is 7.84. The Morgan fingerprint density at radius 1 is 1.16 bits per heavy atom. The van der Waals surface area contributed by atoms with Crippen LogP contribution in [0.5, 0.6) is 10.9 Å². The molecule has 0 unspecified atom stereocenters. The summed E-state index contributed by atoms with van der Waals surface area (Å²) in [5.41, 5.74) is -1.03. The molecule has 6 nitrogen and oxygen atoms in total. The molecule has 0 bridgehead atoms. The topological polar surface area (TPSA) is 68.7 Å². The molecule has 136 valence electrons. The van der Waals surface area contributed by atoms with E-state index in [0.717, 1.165) is 5.38 Å². The van der Waals surface area contributed by atoms with Crippen LogP contribution in [0.2, 0.25) is 0 Å². The van der Waals surface area contributed by atoms with Gasteiger partial charge in [-0.25, -0.2) is 8.42 Å². The monoisotopic (exact) mass is 394 g/mol. The SMILES string of the molecule is O=S(=O)(c1ccc(Oc2nc(C(F)(F)F)cs2)cc1)N1CCOCC1. The fourth-order valence-electron chi connectivity index (χ4n) is 2.15. The molecule has 1 aromatic heterocycles. The van der Waals surface area contributed by atoms with Crippen LogP contribution in [-0.2, 0) is 20.9 Å². The molecular formula is C14H13F3N2O4S2. The number of nitrogens with zero attached hydrogens (tertiary/aromatic N) is 2. The molecule has 1 fully saturated rings. The zero-order valence-corrected chi connectivity index (χ0v) is 14.3. The van der Waals surface area contributed by atoms with Crippen LogP contribution in [0, 0.1) is 0 Å². The molecule has 0 atom stereocenters. The molecule has 0 N–H and O–H groups in total. The van der Waals surface area contributed by atoms with Crippen molar-refractivity contribution in [3.05, 3.63) is 35.3 Å².